The molecule has 3 rings (SSSR count). The zero-order valence-corrected chi connectivity index (χ0v) is 12.2. The van der Waals surface area contributed by atoms with Crippen molar-refractivity contribution in [3.8, 4) is 11.4 Å². The summed E-state index contributed by atoms with van der Waals surface area (Å²) in [5.74, 6) is 1.97. The SMILES string of the molecule is COc1ccccc1-n1c(CCl)nc2cc(C)ccc21. The highest BCUT2D eigenvalue weighted by molar-refractivity contribution is 6.17. The van der Waals surface area contributed by atoms with E-state index >= 15 is 0 Å². The van der Waals surface area contributed by atoms with Gasteiger partial charge in [-0.2, -0.15) is 0 Å². The van der Waals surface area contributed by atoms with E-state index in [0.29, 0.717) is 5.88 Å². The van der Waals surface area contributed by atoms with Crippen LogP contribution in [0.4, 0.5) is 0 Å². The van der Waals surface area contributed by atoms with E-state index in [-0.39, 0.29) is 0 Å². The van der Waals surface area contributed by atoms with Crippen LogP contribution in [-0.2, 0) is 5.88 Å². The summed E-state index contributed by atoms with van der Waals surface area (Å²) in [7, 11) is 1.67. The Morgan fingerprint density at radius 2 is 2.00 bits per heavy atom. The summed E-state index contributed by atoms with van der Waals surface area (Å²) in [4.78, 5) is 4.62. The molecule has 0 unspecified atom stereocenters. The minimum atomic E-state index is 0.353. The van der Waals surface area contributed by atoms with Crippen LogP contribution in [0.2, 0.25) is 0 Å². The van der Waals surface area contributed by atoms with E-state index in [0.717, 1.165) is 28.3 Å². The Kier molecular flexibility index (Phi) is 3.36. The normalized spacial score (nSPS) is 10.9. The molecule has 0 radical (unpaired) electrons. The molecule has 2 aromatic carbocycles. The van der Waals surface area contributed by atoms with Gasteiger partial charge in [0, 0.05) is 0 Å². The zero-order chi connectivity index (χ0) is 14.1. The predicted molar refractivity (Wildman–Crippen MR) is 81.9 cm³/mol. The monoisotopic (exact) mass is 286 g/mol. The molecule has 0 N–H and O–H groups in total. The lowest BCUT2D eigenvalue weighted by Gasteiger charge is -2.12. The molecule has 0 aliphatic heterocycles. The molecule has 0 fully saturated rings. The first-order valence-corrected chi connectivity index (χ1v) is 6.95. The van der Waals surface area contributed by atoms with Gasteiger partial charge in [0.1, 0.15) is 11.6 Å². The average Bonchev–Trinajstić information content (AvgIpc) is 2.84. The van der Waals surface area contributed by atoms with Gasteiger partial charge in [0.15, 0.2) is 0 Å². The van der Waals surface area contributed by atoms with Crippen LogP contribution < -0.4 is 4.74 Å². The van der Waals surface area contributed by atoms with Crippen LogP contribution in [0.15, 0.2) is 42.5 Å². The van der Waals surface area contributed by atoms with E-state index < -0.39 is 0 Å². The summed E-state index contributed by atoms with van der Waals surface area (Å²) in [6.45, 7) is 2.06. The second kappa shape index (κ2) is 5.17. The molecular weight excluding hydrogens is 272 g/mol. The average molecular weight is 287 g/mol. The van der Waals surface area contributed by atoms with Gasteiger partial charge in [0.2, 0.25) is 0 Å². The molecule has 20 heavy (non-hydrogen) atoms. The number of methoxy groups -OCH3 is 1. The maximum Gasteiger partial charge on any atom is 0.142 e. The Morgan fingerprint density at radius 3 is 2.75 bits per heavy atom. The number of hydrogen-bond donors (Lipinski definition) is 0. The fourth-order valence-corrected chi connectivity index (χ4v) is 2.59. The first kappa shape index (κ1) is 13.0. The number of hydrogen-bond acceptors (Lipinski definition) is 2. The maximum absolute atomic E-state index is 6.06. The van der Waals surface area contributed by atoms with Crippen molar-refractivity contribution in [1.29, 1.82) is 0 Å². The number of alkyl halides is 1. The molecule has 4 heteroatoms. The van der Waals surface area contributed by atoms with E-state index in [1.807, 2.05) is 24.3 Å². The van der Waals surface area contributed by atoms with Crippen molar-refractivity contribution in [1.82, 2.24) is 9.55 Å². The molecule has 0 atom stereocenters. The lowest BCUT2D eigenvalue weighted by molar-refractivity contribution is 0.413. The molecule has 0 aliphatic carbocycles. The fourth-order valence-electron chi connectivity index (χ4n) is 2.41. The van der Waals surface area contributed by atoms with Gasteiger partial charge < -0.3 is 4.74 Å². The number of fused-ring (bicyclic) bond motifs is 1. The Balaban J connectivity index is 2.34. The Morgan fingerprint density at radius 1 is 1.20 bits per heavy atom. The van der Waals surface area contributed by atoms with Crippen molar-refractivity contribution in [2.24, 2.45) is 0 Å². The molecule has 1 aromatic heterocycles. The molecule has 0 bridgehead atoms. The zero-order valence-electron chi connectivity index (χ0n) is 11.4. The van der Waals surface area contributed by atoms with Crippen molar-refractivity contribution in [2.75, 3.05) is 7.11 Å². The molecule has 3 aromatic rings. The van der Waals surface area contributed by atoms with Crippen LogP contribution in [-0.4, -0.2) is 16.7 Å². The van der Waals surface area contributed by atoms with Crippen molar-refractivity contribution >= 4 is 22.6 Å². The van der Waals surface area contributed by atoms with Gasteiger partial charge in [-0.25, -0.2) is 4.98 Å². The van der Waals surface area contributed by atoms with Crippen molar-refractivity contribution in [3.63, 3.8) is 0 Å². The van der Waals surface area contributed by atoms with Crippen LogP contribution in [0.1, 0.15) is 11.4 Å². The van der Waals surface area contributed by atoms with Crippen LogP contribution in [0.3, 0.4) is 0 Å². The van der Waals surface area contributed by atoms with Crippen LogP contribution in [0.25, 0.3) is 16.7 Å². The van der Waals surface area contributed by atoms with Gasteiger partial charge in [-0.1, -0.05) is 18.2 Å². The van der Waals surface area contributed by atoms with Gasteiger partial charge >= 0.3 is 0 Å². The number of para-hydroxylation sites is 2. The highest BCUT2D eigenvalue weighted by Gasteiger charge is 2.14. The number of halogens is 1. The molecule has 0 aliphatic rings. The van der Waals surface area contributed by atoms with Gasteiger partial charge in [0.25, 0.3) is 0 Å². The number of ether oxygens (including phenoxy) is 1. The molecule has 102 valence electrons. The minimum absolute atomic E-state index is 0.353. The van der Waals surface area contributed by atoms with Crippen molar-refractivity contribution in [2.45, 2.75) is 12.8 Å². The summed E-state index contributed by atoms with van der Waals surface area (Å²) in [5.41, 5.74) is 4.13. The number of aryl methyl sites for hydroxylation is 1. The highest BCUT2D eigenvalue weighted by Crippen LogP contribution is 2.29. The van der Waals surface area contributed by atoms with E-state index in [4.69, 9.17) is 16.3 Å². The molecule has 0 saturated heterocycles. The summed E-state index contributed by atoms with van der Waals surface area (Å²) in [5, 5.41) is 0. The molecule has 0 amide bonds. The largest absolute Gasteiger partial charge is 0.495 e. The second-order valence-electron chi connectivity index (χ2n) is 4.66. The maximum atomic E-state index is 6.06. The first-order valence-electron chi connectivity index (χ1n) is 6.42. The van der Waals surface area contributed by atoms with Gasteiger partial charge in [-0.15, -0.1) is 11.6 Å². The molecular formula is C16H15ClN2O. The molecule has 0 spiro atoms. The van der Waals surface area contributed by atoms with E-state index in [1.54, 1.807) is 7.11 Å². The summed E-state index contributed by atoms with van der Waals surface area (Å²) in [6, 6.07) is 14.1. The topological polar surface area (TPSA) is 27.1 Å². The highest BCUT2D eigenvalue weighted by atomic mass is 35.5. The van der Waals surface area contributed by atoms with Crippen LogP contribution >= 0.6 is 11.6 Å². The standard InChI is InChI=1S/C16H15ClN2O/c1-11-7-8-13-12(9-11)18-16(10-17)19(13)14-5-3-4-6-15(14)20-2/h3-9H,10H2,1-2H3. The quantitative estimate of drug-likeness (QED) is 0.678. The number of rotatable bonds is 3. The van der Waals surface area contributed by atoms with E-state index in [2.05, 4.69) is 34.7 Å². The molecule has 0 saturated carbocycles. The van der Waals surface area contributed by atoms with Crippen molar-refractivity contribution in [3.05, 3.63) is 53.9 Å². The smallest absolute Gasteiger partial charge is 0.142 e. The number of aromatic nitrogens is 2. The Bertz CT molecular complexity index is 764. The number of benzene rings is 2. The van der Waals surface area contributed by atoms with Gasteiger partial charge in [-0.05, 0) is 36.8 Å². The third kappa shape index (κ3) is 2.04. The minimum Gasteiger partial charge on any atom is -0.495 e. The summed E-state index contributed by atoms with van der Waals surface area (Å²) >= 11 is 6.06. The number of imidazole rings is 1. The second-order valence-corrected chi connectivity index (χ2v) is 4.93. The van der Waals surface area contributed by atoms with Gasteiger partial charge in [-0.3, -0.25) is 4.57 Å². The fraction of sp³-hybridized carbons (Fsp3) is 0.188. The Hall–Kier alpha value is -2.00. The summed E-state index contributed by atoms with van der Waals surface area (Å²) < 4.78 is 7.51. The lowest BCUT2D eigenvalue weighted by atomic mass is 10.2. The summed E-state index contributed by atoms with van der Waals surface area (Å²) in [6.07, 6.45) is 0. The molecule has 1 heterocycles. The Labute approximate surface area is 122 Å². The van der Waals surface area contributed by atoms with Crippen molar-refractivity contribution < 1.29 is 4.74 Å². The van der Waals surface area contributed by atoms with E-state index in [9.17, 15) is 0 Å². The third-order valence-corrected chi connectivity index (χ3v) is 3.56. The van der Waals surface area contributed by atoms with E-state index in [1.165, 1.54) is 5.56 Å². The first-order chi connectivity index (χ1) is 9.74. The molecule has 3 nitrogen and oxygen atoms in total. The van der Waals surface area contributed by atoms with Crippen LogP contribution in [0, 0.1) is 6.92 Å². The number of nitrogens with zero attached hydrogens (tertiary/aromatic N) is 2. The van der Waals surface area contributed by atoms with Gasteiger partial charge in [0.05, 0.1) is 29.7 Å². The third-order valence-electron chi connectivity index (χ3n) is 3.33. The van der Waals surface area contributed by atoms with Crippen LogP contribution in [0.5, 0.6) is 5.75 Å². The predicted octanol–water partition coefficient (Wildman–Crippen LogP) is 4.08. The lowest BCUT2D eigenvalue weighted by Crippen LogP contribution is -2.01.